The zero-order chi connectivity index (χ0) is 6.62. The Kier molecular flexibility index (Phi) is 3.54. The summed E-state index contributed by atoms with van der Waals surface area (Å²) in [6.07, 6.45) is 0. The minimum atomic E-state index is 0.814. The van der Waals surface area contributed by atoms with Crippen molar-refractivity contribution < 1.29 is 9.01 Å². The summed E-state index contributed by atoms with van der Waals surface area (Å²) >= 11 is 0. The number of quaternary nitrogens is 1. The first kappa shape index (κ1) is 8.35. The number of rotatable bonds is 3. The molecular weight excluding hydrogens is 121 g/mol. The van der Waals surface area contributed by atoms with Crippen molar-refractivity contribution in [3.05, 3.63) is 0 Å². The fourth-order valence-corrected chi connectivity index (χ4v) is 0.432. The largest absolute Gasteiger partial charge is 0.360 e. The summed E-state index contributed by atoms with van der Waals surface area (Å²) in [7, 11) is 8.68. The molecule has 3 heteroatoms. The molecule has 0 spiro atoms. The Morgan fingerprint density at radius 3 is 2.00 bits per heavy atom. The van der Waals surface area contributed by atoms with E-state index in [0.717, 1.165) is 17.6 Å². The Hall–Kier alpha value is 0.350. The molecule has 2 nitrogen and oxygen atoms in total. The van der Waals surface area contributed by atoms with E-state index in [1.165, 1.54) is 0 Å². The molecule has 0 N–H and O–H groups in total. The highest BCUT2D eigenvalue weighted by Crippen LogP contribution is 1.91. The molecule has 0 aliphatic rings. The fraction of sp³-hybridized carbons (Fsp3) is 1.00. The molecule has 0 aliphatic heterocycles. The van der Waals surface area contributed by atoms with Crippen molar-refractivity contribution in [3.63, 3.8) is 0 Å². The highest BCUT2D eigenvalue weighted by atomic mass is 31.0. The molecule has 0 amide bonds. The van der Waals surface area contributed by atoms with Gasteiger partial charge in [0.15, 0.2) is 0 Å². The van der Waals surface area contributed by atoms with Crippen molar-refractivity contribution in [2.75, 3.05) is 34.3 Å². The van der Waals surface area contributed by atoms with E-state index in [2.05, 4.69) is 30.6 Å². The standard InChI is InChI=1S/C5H15NOP/c1-6(2,3)4-5-7-8/h4-5,8H2,1-3H3/q+1. The molecule has 0 radical (unpaired) electrons. The van der Waals surface area contributed by atoms with Crippen LogP contribution in [-0.4, -0.2) is 38.8 Å². The van der Waals surface area contributed by atoms with Gasteiger partial charge in [0.25, 0.3) is 0 Å². The van der Waals surface area contributed by atoms with Gasteiger partial charge in [-0.3, -0.25) is 0 Å². The summed E-state index contributed by atoms with van der Waals surface area (Å²) in [5, 5.41) is 0. The Morgan fingerprint density at radius 1 is 1.38 bits per heavy atom. The topological polar surface area (TPSA) is 9.23 Å². The molecule has 1 unspecified atom stereocenters. The van der Waals surface area contributed by atoms with Gasteiger partial charge in [0.2, 0.25) is 0 Å². The van der Waals surface area contributed by atoms with Gasteiger partial charge in [0.1, 0.15) is 6.54 Å². The van der Waals surface area contributed by atoms with Gasteiger partial charge < -0.3 is 9.01 Å². The van der Waals surface area contributed by atoms with Crippen molar-refractivity contribution in [1.82, 2.24) is 0 Å². The van der Waals surface area contributed by atoms with Gasteiger partial charge in [-0.1, -0.05) is 0 Å². The molecule has 0 bridgehead atoms. The lowest BCUT2D eigenvalue weighted by atomic mass is 10.5. The Bertz CT molecular complexity index is 59.9. The van der Waals surface area contributed by atoms with Gasteiger partial charge in [0, 0.05) is 9.47 Å². The fourth-order valence-electron chi connectivity index (χ4n) is 0.327. The second-order valence-corrected chi connectivity index (χ2v) is 3.22. The number of hydrogen-bond donors (Lipinski definition) is 0. The van der Waals surface area contributed by atoms with Crippen LogP contribution in [0.2, 0.25) is 0 Å². The summed E-state index contributed by atoms with van der Waals surface area (Å²) in [6, 6.07) is 0. The van der Waals surface area contributed by atoms with Crippen molar-refractivity contribution in [2.45, 2.75) is 0 Å². The predicted octanol–water partition coefficient (Wildman–Crippen LogP) is 0.499. The molecule has 0 heterocycles. The molecule has 0 saturated carbocycles. The van der Waals surface area contributed by atoms with Crippen LogP contribution in [0.5, 0.6) is 0 Å². The summed E-state index contributed by atoms with van der Waals surface area (Å²) in [5.74, 6) is 0. The first-order chi connectivity index (χ1) is 3.56. The maximum Gasteiger partial charge on any atom is 0.102 e. The van der Waals surface area contributed by atoms with E-state index >= 15 is 0 Å². The number of likely N-dealkylation sites (N-methyl/N-ethyl adjacent to an activating group) is 1. The van der Waals surface area contributed by atoms with Crippen molar-refractivity contribution in [3.8, 4) is 0 Å². The minimum absolute atomic E-state index is 0.814. The molecule has 1 atom stereocenters. The molecule has 0 aromatic rings. The third-order valence-corrected chi connectivity index (χ3v) is 1.12. The van der Waals surface area contributed by atoms with Gasteiger partial charge in [-0.2, -0.15) is 0 Å². The monoisotopic (exact) mass is 136 g/mol. The van der Waals surface area contributed by atoms with Crippen LogP contribution in [0.1, 0.15) is 0 Å². The van der Waals surface area contributed by atoms with Crippen LogP contribution in [-0.2, 0) is 4.52 Å². The van der Waals surface area contributed by atoms with Crippen molar-refractivity contribution in [1.29, 1.82) is 0 Å². The van der Waals surface area contributed by atoms with Gasteiger partial charge in [0.05, 0.1) is 27.7 Å². The van der Waals surface area contributed by atoms with E-state index in [0.29, 0.717) is 0 Å². The molecule has 0 aromatic heterocycles. The molecule has 8 heavy (non-hydrogen) atoms. The lowest BCUT2D eigenvalue weighted by Gasteiger charge is -2.22. The third-order valence-electron chi connectivity index (χ3n) is 0.880. The first-order valence-corrected chi connectivity index (χ1v) is 3.15. The smallest absolute Gasteiger partial charge is 0.102 e. The van der Waals surface area contributed by atoms with Crippen LogP contribution in [0.15, 0.2) is 0 Å². The van der Waals surface area contributed by atoms with Crippen molar-refractivity contribution in [2.24, 2.45) is 0 Å². The summed E-state index contributed by atoms with van der Waals surface area (Å²) in [4.78, 5) is 0. The summed E-state index contributed by atoms with van der Waals surface area (Å²) in [5.41, 5.74) is 0. The Labute approximate surface area is 53.7 Å². The van der Waals surface area contributed by atoms with Crippen LogP contribution in [0.4, 0.5) is 0 Å². The zero-order valence-corrected chi connectivity index (χ0v) is 7.00. The second kappa shape index (κ2) is 3.39. The van der Waals surface area contributed by atoms with Gasteiger partial charge in [-0.15, -0.1) is 0 Å². The molecule has 50 valence electrons. The molecule has 0 aliphatic carbocycles. The first-order valence-electron chi connectivity index (χ1n) is 2.68. The lowest BCUT2D eigenvalue weighted by molar-refractivity contribution is -0.870. The van der Waals surface area contributed by atoms with E-state index in [1.807, 2.05) is 0 Å². The van der Waals surface area contributed by atoms with E-state index in [-0.39, 0.29) is 0 Å². The third kappa shape index (κ3) is 6.35. The second-order valence-electron chi connectivity index (χ2n) is 2.88. The highest BCUT2D eigenvalue weighted by Gasteiger charge is 2.03. The van der Waals surface area contributed by atoms with E-state index in [1.54, 1.807) is 0 Å². The van der Waals surface area contributed by atoms with Crippen LogP contribution in [0.3, 0.4) is 0 Å². The predicted molar refractivity (Wildman–Crippen MR) is 38.6 cm³/mol. The summed E-state index contributed by atoms with van der Waals surface area (Å²) in [6.45, 7) is 1.87. The van der Waals surface area contributed by atoms with Gasteiger partial charge >= 0.3 is 0 Å². The van der Waals surface area contributed by atoms with Gasteiger partial charge in [-0.25, -0.2) is 0 Å². The number of hydrogen-bond acceptors (Lipinski definition) is 1. The van der Waals surface area contributed by atoms with Gasteiger partial charge in [-0.05, 0) is 0 Å². The van der Waals surface area contributed by atoms with Crippen LogP contribution in [0.25, 0.3) is 0 Å². The molecule has 0 aromatic carbocycles. The molecule has 0 rings (SSSR count). The average molecular weight is 136 g/mol. The Morgan fingerprint density at radius 2 is 1.88 bits per heavy atom. The van der Waals surface area contributed by atoms with Crippen molar-refractivity contribution >= 4 is 9.47 Å². The molecular formula is C5H15NOP+. The maximum absolute atomic E-state index is 4.82. The average Bonchev–Trinajstić information content (AvgIpc) is 1.59. The number of nitrogens with zero attached hydrogens (tertiary/aromatic N) is 1. The van der Waals surface area contributed by atoms with Crippen LogP contribution in [0, 0.1) is 0 Å². The van der Waals surface area contributed by atoms with E-state index in [9.17, 15) is 0 Å². The van der Waals surface area contributed by atoms with E-state index in [4.69, 9.17) is 4.52 Å². The zero-order valence-electron chi connectivity index (χ0n) is 5.85. The minimum Gasteiger partial charge on any atom is -0.360 e. The SMILES string of the molecule is C[N+](C)(C)CCOP. The Balaban J connectivity index is 3.11. The van der Waals surface area contributed by atoms with Crippen LogP contribution < -0.4 is 0 Å². The summed E-state index contributed by atoms with van der Waals surface area (Å²) < 4.78 is 5.79. The quantitative estimate of drug-likeness (QED) is 0.405. The molecule has 0 saturated heterocycles. The van der Waals surface area contributed by atoms with E-state index < -0.39 is 0 Å². The highest BCUT2D eigenvalue weighted by molar-refractivity contribution is 7.09. The maximum atomic E-state index is 4.82. The lowest BCUT2D eigenvalue weighted by Crippen LogP contribution is -2.37. The molecule has 0 fully saturated rings. The normalized spacial score (nSPS) is 12.0. The van der Waals surface area contributed by atoms with Crippen LogP contribution >= 0.6 is 9.47 Å².